The molecule has 0 saturated heterocycles. The summed E-state index contributed by atoms with van der Waals surface area (Å²) in [6, 6.07) is 8.77. The second-order valence-electron chi connectivity index (χ2n) is 6.86. The van der Waals surface area contributed by atoms with Gasteiger partial charge >= 0.3 is 12.5 Å². The number of ether oxygens (including phenoxy) is 1. The lowest BCUT2D eigenvalue weighted by atomic mass is 10.0. The minimum absolute atomic E-state index is 0.0275. The standard InChI is InChI=1S/C20H11ClF6N4O2/c21-13-7-10(2-4-15(13)32-20(25,26)27)18-29-16(30-33-18)9-31-6-5-12-14(31)3-1-11(8-28)17(12)19(22,23)24/h1-7,16,30H,9H2. The third-order valence-corrected chi connectivity index (χ3v) is 4.99. The van der Waals surface area contributed by atoms with Gasteiger partial charge in [0.25, 0.3) is 0 Å². The van der Waals surface area contributed by atoms with E-state index in [9.17, 15) is 26.3 Å². The van der Waals surface area contributed by atoms with Crippen molar-refractivity contribution in [1.29, 1.82) is 5.26 Å². The summed E-state index contributed by atoms with van der Waals surface area (Å²) < 4.78 is 82.9. The molecule has 1 atom stereocenters. The lowest BCUT2D eigenvalue weighted by Crippen LogP contribution is -2.26. The second-order valence-corrected chi connectivity index (χ2v) is 7.27. The van der Waals surface area contributed by atoms with Crippen LogP contribution in [0.25, 0.3) is 10.9 Å². The first-order valence-electron chi connectivity index (χ1n) is 9.11. The highest BCUT2D eigenvalue weighted by atomic mass is 35.5. The van der Waals surface area contributed by atoms with Gasteiger partial charge in [0.1, 0.15) is 5.75 Å². The molecule has 1 N–H and O–H groups in total. The normalized spacial score (nSPS) is 16.4. The molecule has 4 rings (SSSR count). The zero-order valence-corrected chi connectivity index (χ0v) is 16.9. The van der Waals surface area contributed by atoms with Crippen LogP contribution in [0.4, 0.5) is 26.3 Å². The van der Waals surface area contributed by atoms with E-state index < -0.39 is 35.6 Å². The maximum atomic E-state index is 13.5. The van der Waals surface area contributed by atoms with E-state index in [1.807, 2.05) is 0 Å². The van der Waals surface area contributed by atoms with E-state index >= 15 is 0 Å². The van der Waals surface area contributed by atoms with Crippen LogP contribution in [0.2, 0.25) is 5.02 Å². The Morgan fingerprint density at radius 2 is 1.91 bits per heavy atom. The largest absolute Gasteiger partial charge is 0.573 e. The van der Waals surface area contributed by atoms with Crippen LogP contribution in [0, 0.1) is 11.3 Å². The van der Waals surface area contributed by atoms with Crippen molar-refractivity contribution >= 4 is 28.4 Å². The van der Waals surface area contributed by atoms with Crippen molar-refractivity contribution in [3.63, 3.8) is 0 Å². The van der Waals surface area contributed by atoms with Crippen molar-refractivity contribution in [1.82, 2.24) is 10.0 Å². The van der Waals surface area contributed by atoms with Gasteiger partial charge in [-0.05, 0) is 36.4 Å². The Kier molecular flexibility index (Phi) is 5.63. The number of hydrogen-bond acceptors (Lipinski definition) is 5. The van der Waals surface area contributed by atoms with E-state index in [0.29, 0.717) is 0 Å². The highest BCUT2D eigenvalue weighted by molar-refractivity contribution is 6.32. The second kappa shape index (κ2) is 8.17. The number of nitriles is 1. The van der Waals surface area contributed by atoms with Crippen molar-refractivity contribution in [2.75, 3.05) is 0 Å². The van der Waals surface area contributed by atoms with E-state index in [2.05, 4.69) is 15.2 Å². The molecule has 0 aliphatic carbocycles. The van der Waals surface area contributed by atoms with Crippen LogP contribution in [-0.2, 0) is 17.6 Å². The minimum Gasteiger partial charge on any atom is -0.404 e. The topological polar surface area (TPSA) is 71.6 Å². The van der Waals surface area contributed by atoms with Crippen LogP contribution in [0.5, 0.6) is 5.75 Å². The molecular weight excluding hydrogens is 478 g/mol. The van der Waals surface area contributed by atoms with E-state index in [1.54, 1.807) is 6.07 Å². The molecule has 172 valence electrons. The number of hydrogen-bond donors (Lipinski definition) is 1. The van der Waals surface area contributed by atoms with Crippen LogP contribution < -0.4 is 10.2 Å². The van der Waals surface area contributed by atoms with Crippen molar-refractivity contribution < 1.29 is 35.9 Å². The predicted molar refractivity (Wildman–Crippen MR) is 104 cm³/mol. The SMILES string of the molecule is N#Cc1ccc2c(ccn2CC2N=C(c3ccc(OC(F)(F)F)c(Cl)c3)ON2)c1C(F)(F)F. The maximum Gasteiger partial charge on any atom is 0.573 e. The summed E-state index contributed by atoms with van der Waals surface area (Å²) in [6.07, 6.45) is -8.90. The summed E-state index contributed by atoms with van der Waals surface area (Å²) in [5.41, 5.74) is 1.60. The summed E-state index contributed by atoms with van der Waals surface area (Å²) in [4.78, 5) is 9.52. The van der Waals surface area contributed by atoms with Crippen LogP contribution >= 0.6 is 11.6 Å². The van der Waals surface area contributed by atoms with Crippen LogP contribution in [0.1, 0.15) is 16.7 Å². The molecule has 1 aliphatic rings. The molecule has 0 radical (unpaired) electrons. The Labute approximate surface area is 186 Å². The summed E-state index contributed by atoms with van der Waals surface area (Å²) in [7, 11) is 0. The fourth-order valence-electron chi connectivity index (χ4n) is 3.39. The summed E-state index contributed by atoms with van der Waals surface area (Å²) in [6.45, 7) is 0.0686. The van der Waals surface area contributed by atoms with Crippen molar-refractivity contribution in [3.8, 4) is 11.8 Å². The van der Waals surface area contributed by atoms with Gasteiger partial charge in [0, 0.05) is 22.7 Å². The quantitative estimate of drug-likeness (QED) is 0.500. The van der Waals surface area contributed by atoms with Crippen LogP contribution in [0.15, 0.2) is 47.6 Å². The van der Waals surface area contributed by atoms with Crippen molar-refractivity contribution in [2.24, 2.45) is 4.99 Å². The highest BCUT2D eigenvalue weighted by Gasteiger charge is 2.36. The highest BCUT2D eigenvalue weighted by Crippen LogP contribution is 2.38. The molecular formula is C20H11ClF6N4O2. The number of fused-ring (bicyclic) bond motifs is 1. The van der Waals surface area contributed by atoms with Gasteiger partial charge < -0.3 is 14.1 Å². The van der Waals surface area contributed by atoms with E-state index in [4.69, 9.17) is 21.7 Å². The molecule has 6 nitrogen and oxygen atoms in total. The molecule has 0 fully saturated rings. The Hall–Kier alpha value is -3.43. The molecule has 3 aromatic rings. The van der Waals surface area contributed by atoms with Gasteiger partial charge in [-0.2, -0.15) is 18.4 Å². The zero-order valence-electron chi connectivity index (χ0n) is 16.1. The van der Waals surface area contributed by atoms with Crippen molar-refractivity contribution in [2.45, 2.75) is 25.2 Å². The smallest absolute Gasteiger partial charge is 0.404 e. The third-order valence-electron chi connectivity index (χ3n) is 4.70. The number of alkyl halides is 6. The molecule has 2 aromatic carbocycles. The monoisotopic (exact) mass is 488 g/mol. The third kappa shape index (κ3) is 4.69. The minimum atomic E-state index is -4.90. The number of aliphatic imine (C=N–C) groups is 1. The zero-order chi connectivity index (χ0) is 24.0. The number of nitrogens with one attached hydrogen (secondary N) is 1. The lowest BCUT2D eigenvalue weighted by Gasteiger charge is -2.12. The first-order chi connectivity index (χ1) is 15.5. The predicted octanol–water partition coefficient (Wildman–Crippen LogP) is 5.39. The van der Waals surface area contributed by atoms with Gasteiger partial charge in [0.2, 0.25) is 5.90 Å². The van der Waals surface area contributed by atoms with Crippen molar-refractivity contribution in [3.05, 3.63) is 64.3 Å². The average Bonchev–Trinajstić information content (AvgIpc) is 3.34. The molecule has 0 spiro atoms. The number of hydroxylamine groups is 1. The summed E-state index contributed by atoms with van der Waals surface area (Å²) in [5.74, 6) is -0.563. The van der Waals surface area contributed by atoms with Gasteiger partial charge in [-0.15, -0.1) is 18.7 Å². The molecule has 2 heterocycles. The van der Waals surface area contributed by atoms with Gasteiger partial charge in [-0.1, -0.05) is 11.6 Å². The van der Waals surface area contributed by atoms with E-state index in [0.717, 1.165) is 12.1 Å². The van der Waals surface area contributed by atoms with Gasteiger partial charge in [0.05, 0.1) is 28.8 Å². The fraction of sp³-hybridized carbons (Fsp3) is 0.200. The Bertz CT molecular complexity index is 1290. The van der Waals surface area contributed by atoms with E-state index in [-0.39, 0.29) is 33.9 Å². The molecule has 0 bridgehead atoms. The number of benzene rings is 2. The van der Waals surface area contributed by atoms with Crippen LogP contribution in [0.3, 0.4) is 0 Å². The Morgan fingerprint density at radius 1 is 1.15 bits per heavy atom. The molecule has 1 aliphatic heterocycles. The van der Waals surface area contributed by atoms with Gasteiger partial charge in [0.15, 0.2) is 6.17 Å². The van der Waals surface area contributed by atoms with Gasteiger partial charge in [-0.25, -0.2) is 4.99 Å². The molecule has 0 saturated carbocycles. The molecule has 0 amide bonds. The molecule has 13 heteroatoms. The number of rotatable bonds is 4. The average molecular weight is 489 g/mol. The summed E-state index contributed by atoms with van der Waals surface area (Å²) in [5, 5.41) is 8.59. The fourth-order valence-corrected chi connectivity index (χ4v) is 3.61. The van der Waals surface area contributed by atoms with Crippen LogP contribution in [-0.4, -0.2) is 23.0 Å². The maximum absolute atomic E-state index is 13.5. The molecule has 1 aromatic heterocycles. The molecule has 33 heavy (non-hydrogen) atoms. The Balaban J connectivity index is 1.58. The Morgan fingerprint density at radius 3 is 2.55 bits per heavy atom. The lowest BCUT2D eigenvalue weighted by molar-refractivity contribution is -0.274. The molecule has 1 unspecified atom stereocenters. The first-order valence-corrected chi connectivity index (χ1v) is 9.49. The first kappa shape index (κ1) is 22.8. The van der Waals surface area contributed by atoms with Gasteiger partial charge in [-0.3, -0.25) is 0 Å². The number of aromatic nitrogens is 1. The van der Waals surface area contributed by atoms with E-state index in [1.165, 1.54) is 35.0 Å². The number of halogens is 7. The summed E-state index contributed by atoms with van der Waals surface area (Å²) >= 11 is 5.83. The number of nitrogens with zero attached hydrogens (tertiary/aromatic N) is 3.